The van der Waals surface area contributed by atoms with E-state index in [4.69, 9.17) is 5.11 Å². The lowest BCUT2D eigenvalue weighted by molar-refractivity contribution is -0.141. The van der Waals surface area contributed by atoms with Crippen molar-refractivity contribution in [3.8, 4) is 0 Å². The van der Waals surface area contributed by atoms with Crippen LogP contribution in [0, 0.1) is 11.8 Å². The lowest BCUT2D eigenvalue weighted by atomic mass is 9.96. The Morgan fingerprint density at radius 2 is 1.96 bits per heavy atom. The van der Waals surface area contributed by atoms with Crippen molar-refractivity contribution in [3.63, 3.8) is 0 Å². The van der Waals surface area contributed by atoms with E-state index in [1.807, 2.05) is 19.1 Å². The second-order valence-electron chi connectivity index (χ2n) is 7.06. The van der Waals surface area contributed by atoms with Crippen molar-refractivity contribution in [3.05, 3.63) is 29.8 Å². The Morgan fingerprint density at radius 1 is 1.27 bits per heavy atom. The number of hydrogen-bond donors (Lipinski definition) is 2. The first-order valence-electron chi connectivity index (χ1n) is 9.31. The van der Waals surface area contributed by atoms with Gasteiger partial charge in [0.25, 0.3) is 0 Å². The lowest BCUT2D eigenvalue weighted by Crippen LogP contribution is -2.43. The van der Waals surface area contributed by atoms with E-state index in [9.17, 15) is 14.4 Å². The minimum atomic E-state index is -0.818. The SMILES string of the molecule is CCCC(=O)N1CCCC(C(=O)Nc2ccc(CC(C)C(=O)O)cc2)C1. The number of nitrogens with one attached hydrogen (secondary N) is 1. The molecular weight excluding hydrogens is 332 g/mol. The Morgan fingerprint density at radius 3 is 2.58 bits per heavy atom. The molecule has 2 unspecified atom stereocenters. The van der Waals surface area contributed by atoms with E-state index in [1.54, 1.807) is 24.0 Å². The van der Waals surface area contributed by atoms with Crippen molar-refractivity contribution in [2.75, 3.05) is 18.4 Å². The number of hydrogen-bond acceptors (Lipinski definition) is 3. The first-order chi connectivity index (χ1) is 12.4. The fourth-order valence-corrected chi connectivity index (χ4v) is 3.20. The standard InChI is InChI=1S/C20H28N2O4/c1-3-5-18(23)22-11-4-6-16(13-22)19(24)21-17-9-7-15(8-10-17)12-14(2)20(25)26/h7-10,14,16H,3-6,11-13H2,1-2H3,(H,21,24)(H,25,26). The van der Waals surface area contributed by atoms with Crippen LogP contribution in [0.3, 0.4) is 0 Å². The number of carboxylic acids is 1. The number of carbonyl (C=O) groups excluding carboxylic acids is 2. The monoisotopic (exact) mass is 360 g/mol. The molecule has 1 aliphatic heterocycles. The highest BCUT2D eigenvalue weighted by molar-refractivity contribution is 5.93. The van der Waals surface area contributed by atoms with Crippen LogP contribution in [0.1, 0.15) is 45.1 Å². The second kappa shape index (κ2) is 9.36. The van der Waals surface area contributed by atoms with E-state index in [0.717, 1.165) is 31.4 Å². The van der Waals surface area contributed by atoms with Gasteiger partial charge in [0.15, 0.2) is 0 Å². The van der Waals surface area contributed by atoms with Gasteiger partial charge in [0, 0.05) is 25.2 Å². The molecular formula is C20H28N2O4. The van der Waals surface area contributed by atoms with Crippen molar-refractivity contribution < 1.29 is 19.5 Å². The van der Waals surface area contributed by atoms with Crippen LogP contribution in [0.2, 0.25) is 0 Å². The average molecular weight is 360 g/mol. The number of anilines is 1. The van der Waals surface area contributed by atoms with Crippen LogP contribution in [0.15, 0.2) is 24.3 Å². The first kappa shape index (κ1) is 19.9. The molecule has 0 aliphatic carbocycles. The first-order valence-corrected chi connectivity index (χ1v) is 9.31. The molecule has 2 amide bonds. The zero-order valence-corrected chi connectivity index (χ0v) is 15.5. The van der Waals surface area contributed by atoms with Crippen molar-refractivity contribution >= 4 is 23.5 Å². The van der Waals surface area contributed by atoms with Crippen LogP contribution in [0.4, 0.5) is 5.69 Å². The molecule has 2 N–H and O–H groups in total. The van der Waals surface area contributed by atoms with Gasteiger partial charge < -0.3 is 15.3 Å². The molecule has 1 saturated heterocycles. The summed E-state index contributed by atoms with van der Waals surface area (Å²) in [6.45, 7) is 4.87. The Balaban J connectivity index is 1.90. The minimum absolute atomic E-state index is 0.0642. The number of aliphatic carboxylic acids is 1. The zero-order chi connectivity index (χ0) is 19.1. The highest BCUT2D eigenvalue weighted by atomic mass is 16.4. The topological polar surface area (TPSA) is 86.7 Å². The predicted octanol–water partition coefficient (Wildman–Crippen LogP) is 2.93. The molecule has 6 heteroatoms. The lowest BCUT2D eigenvalue weighted by Gasteiger charge is -2.32. The summed E-state index contributed by atoms with van der Waals surface area (Å²) >= 11 is 0. The van der Waals surface area contributed by atoms with Crippen LogP contribution in [0.25, 0.3) is 0 Å². The number of rotatable bonds is 7. The summed E-state index contributed by atoms with van der Waals surface area (Å²) in [6, 6.07) is 7.27. The minimum Gasteiger partial charge on any atom is -0.481 e. The van der Waals surface area contributed by atoms with E-state index in [0.29, 0.717) is 25.1 Å². The van der Waals surface area contributed by atoms with Gasteiger partial charge in [-0.2, -0.15) is 0 Å². The van der Waals surface area contributed by atoms with Crippen LogP contribution in [0.5, 0.6) is 0 Å². The summed E-state index contributed by atoms with van der Waals surface area (Å²) in [5, 5.41) is 11.9. The van der Waals surface area contributed by atoms with Crippen LogP contribution < -0.4 is 5.32 Å². The summed E-state index contributed by atoms with van der Waals surface area (Å²) in [5.74, 6) is -1.38. The average Bonchev–Trinajstić information content (AvgIpc) is 2.63. The molecule has 6 nitrogen and oxygen atoms in total. The highest BCUT2D eigenvalue weighted by Gasteiger charge is 2.28. The van der Waals surface area contributed by atoms with Crippen molar-refractivity contribution in [1.82, 2.24) is 4.90 Å². The fraction of sp³-hybridized carbons (Fsp3) is 0.550. The fourth-order valence-electron chi connectivity index (χ4n) is 3.20. The summed E-state index contributed by atoms with van der Waals surface area (Å²) in [7, 11) is 0. The molecule has 1 heterocycles. The molecule has 2 atom stereocenters. The van der Waals surface area contributed by atoms with Gasteiger partial charge in [0.2, 0.25) is 11.8 Å². The molecule has 1 aromatic rings. The van der Waals surface area contributed by atoms with Gasteiger partial charge in [0.05, 0.1) is 11.8 Å². The van der Waals surface area contributed by atoms with Gasteiger partial charge in [-0.05, 0) is 43.4 Å². The molecule has 1 aliphatic rings. The number of carboxylic acid groups (broad SMARTS) is 1. The maximum atomic E-state index is 12.5. The summed E-state index contributed by atoms with van der Waals surface area (Å²) in [4.78, 5) is 37.3. The molecule has 0 bridgehead atoms. The quantitative estimate of drug-likeness (QED) is 0.783. The van der Waals surface area contributed by atoms with Gasteiger partial charge in [-0.1, -0.05) is 26.0 Å². The predicted molar refractivity (Wildman–Crippen MR) is 99.8 cm³/mol. The molecule has 0 saturated carbocycles. The Kier molecular flexibility index (Phi) is 7.18. The number of benzene rings is 1. The van der Waals surface area contributed by atoms with E-state index >= 15 is 0 Å². The van der Waals surface area contributed by atoms with Gasteiger partial charge in [0.1, 0.15) is 0 Å². The number of carbonyl (C=O) groups is 3. The third kappa shape index (κ3) is 5.58. The Labute approximate surface area is 154 Å². The molecule has 1 aromatic carbocycles. The second-order valence-corrected chi connectivity index (χ2v) is 7.06. The van der Waals surface area contributed by atoms with Gasteiger partial charge >= 0.3 is 5.97 Å². The molecule has 1 fully saturated rings. The Hall–Kier alpha value is -2.37. The van der Waals surface area contributed by atoms with Crippen molar-refractivity contribution in [1.29, 1.82) is 0 Å². The molecule has 26 heavy (non-hydrogen) atoms. The number of piperidine rings is 1. The highest BCUT2D eigenvalue weighted by Crippen LogP contribution is 2.20. The van der Waals surface area contributed by atoms with Gasteiger partial charge in [-0.15, -0.1) is 0 Å². The van der Waals surface area contributed by atoms with Gasteiger partial charge in [-0.25, -0.2) is 0 Å². The van der Waals surface area contributed by atoms with Gasteiger partial charge in [-0.3, -0.25) is 14.4 Å². The number of nitrogens with zero attached hydrogens (tertiary/aromatic N) is 1. The number of likely N-dealkylation sites (tertiary alicyclic amines) is 1. The summed E-state index contributed by atoms with van der Waals surface area (Å²) in [6.07, 6.45) is 3.44. The smallest absolute Gasteiger partial charge is 0.306 e. The summed E-state index contributed by atoms with van der Waals surface area (Å²) in [5.41, 5.74) is 1.62. The van der Waals surface area contributed by atoms with Crippen LogP contribution in [-0.4, -0.2) is 40.9 Å². The third-order valence-corrected chi connectivity index (χ3v) is 4.79. The Bertz CT molecular complexity index is 642. The van der Waals surface area contributed by atoms with E-state index < -0.39 is 11.9 Å². The maximum Gasteiger partial charge on any atom is 0.306 e. The van der Waals surface area contributed by atoms with E-state index in [1.165, 1.54) is 0 Å². The molecule has 2 rings (SSSR count). The van der Waals surface area contributed by atoms with E-state index in [-0.39, 0.29) is 17.7 Å². The largest absolute Gasteiger partial charge is 0.481 e. The van der Waals surface area contributed by atoms with Crippen LogP contribution in [-0.2, 0) is 20.8 Å². The summed E-state index contributed by atoms with van der Waals surface area (Å²) < 4.78 is 0. The third-order valence-electron chi connectivity index (χ3n) is 4.79. The zero-order valence-electron chi connectivity index (χ0n) is 15.5. The molecule has 0 radical (unpaired) electrons. The van der Waals surface area contributed by atoms with Crippen molar-refractivity contribution in [2.45, 2.75) is 46.0 Å². The van der Waals surface area contributed by atoms with E-state index in [2.05, 4.69) is 5.32 Å². The molecule has 0 aromatic heterocycles. The van der Waals surface area contributed by atoms with Crippen molar-refractivity contribution in [2.24, 2.45) is 11.8 Å². The molecule has 142 valence electrons. The normalized spacial score (nSPS) is 18.2. The van der Waals surface area contributed by atoms with Crippen LogP contribution >= 0.6 is 0 Å². The number of amides is 2. The maximum absolute atomic E-state index is 12.5. The molecule has 0 spiro atoms.